The predicted octanol–water partition coefficient (Wildman–Crippen LogP) is 3.74. The molecule has 27 heavy (non-hydrogen) atoms. The SMILES string of the molecule is CC(C)(C)C1=CC(=O)C2=C(C1=O)[Si](C)(C)c1c(O)c(C(C)(C)C)cc(O)c12. The zero-order valence-corrected chi connectivity index (χ0v) is 18.4. The Hall–Kier alpha value is -2.14. The van der Waals surface area contributed by atoms with Crippen LogP contribution in [0, 0.1) is 5.41 Å². The van der Waals surface area contributed by atoms with Gasteiger partial charge in [0, 0.05) is 27.5 Å². The highest BCUT2D eigenvalue weighted by molar-refractivity contribution is 7.03. The largest absolute Gasteiger partial charge is 0.508 e. The minimum Gasteiger partial charge on any atom is -0.508 e. The predicted molar refractivity (Wildman–Crippen MR) is 110 cm³/mol. The maximum Gasteiger partial charge on any atom is 0.187 e. The number of aromatic hydroxyl groups is 2. The molecular formula is C22H28O4Si. The molecule has 0 aromatic heterocycles. The van der Waals surface area contributed by atoms with Gasteiger partial charge in [-0.2, -0.15) is 0 Å². The lowest BCUT2D eigenvalue weighted by molar-refractivity contribution is -0.115. The fourth-order valence-electron chi connectivity index (χ4n) is 4.26. The van der Waals surface area contributed by atoms with Crippen molar-refractivity contribution in [2.24, 2.45) is 5.41 Å². The maximum absolute atomic E-state index is 13.4. The standard InChI is InChI=1S/C22H28O4Si/c1-21(2,3)11-9-13(23)15-16-14(24)10-12(22(4,5)6)18(26)20(16)27(7,8)19(15)17(11)25/h9-10,23,25H,1-8H3. The molecule has 0 amide bonds. The van der Waals surface area contributed by atoms with E-state index < -0.39 is 13.5 Å². The number of rotatable bonds is 0. The Morgan fingerprint density at radius 1 is 0.926 bits per heavy atom. The number of carbonyl (C=O) groups is 2. The molecule has 0 fully saturated rings. The van der Waals surface area contributed by atoms with E-state index in [1.807, 2.05) is 54.6 Å². The number of Topliss-reactive ketones (excluding diaryl/α,β-unsaturated/α-hetero) is 1. The van der Waals surface area contributed by atoms with E-state index in [9.17, 15) is 19.8 Å². The van der Waals surface area contributed by atoms with E-state index in [0.717, 1.165) is 0 Å². The molecule has 144 valence electrons. The van der Waals surface area contributed by atoms with Crippen molar-refractivity contribution in [2.45, 2.75) is 60.1 Å². The molecule has 0 saturated carbocycles. The Morgan fingerprint density at radius 2 is 1.48 bits per heavy atom. The van der Waals surface area contributed by atoms with E-state index in [1.54, 1.807) is 0 Å². The number of carbonyl (C=O) groups excluding carboxylic acids is 2. The summed E-state index contributed by atoms with van der Waals surface area (Å²) in [6.45, 7) is 15.6. The number of allylic oxidation sites excluding steroid dienone is 4. The second-order valence-corrected chi connectivity index (χ2v) is 14.4. The second kappa shape index (κ2) is 5.44. The topological polar surface area (TPSA) is 74.6 Å². The summed E-state index contributed by atoms with van der Waals surface area (Å²) in [6, 6.07) is 1.54. The number of phenolic OH excluding ortho intramolecular Hbond substituents is 2. The molecule has 1 aromatic carbocycles. The molecule has 0 atom stereocenters. The average Bonchev–Trinajstić information content (AvgIpc) is 2.74. The Bertz CT molecular complexity index is 963. The van der Waals surface area contributed by atoms with Gasteiger partial charge in [-0.05, 0) is 28.2 Å². The molecule has 0 radical (unpaired) electrons. The van der Waals surface area contributed by atoms with Crippen molar-refractivity contribution in [1.29, 1.82) is 0 Å². The molecule has 0 bridgehead atoms. The fraction of sp³-hybridized carbons (Fsp3) is 0.455. The zero-order chi connectivity index (χ0) is 20.7. The molecular weight excluding hydrogens is 356 g/mol. The van der Waals surface area contributed by atoms with Gasteiger partial charge in [0.25, 0.3) is 0 Å². The molecule has 2 aliphatic rings. The highest BCUT2D eigenvalue weighted by atomic mass is 28.3. The average molecular weight is 385 g/mol. The van der Waals surface area contributed by atoms with Crippen LogP contribution in [0.3, 0.4) is 0 Å². The third kappa shape index (κ3) is 2.63. The zero-order valence-electron chi connectivity index (χ0n) is 17.4. The number of benzene rings is 1. The van der Waals surface area contributed by atoms with Gasteiger partial charge in [-0.1, -0.05) is 54.6 Å². The van der Waals surface area contributed by atoms with Gasteiger partial charge in [0.15, 0.2) is 11.6 Å². The van der Waals surface area contributed by atoms with Crippen LogP contribution in [-0.4, -0.2) is 29.9 Å². The minimum absolute atomic E-state index is 0.0351. The van der Waals surface area contributed by atoms with Crippen LogP contribution in [0.1, 0.15) is 52.7 Å². The Labute approximate surface area is 161 Å². The summed E-state index contributed by atoms with van der Waals surface area (Å²) in [5.74, 6) is -0.306. The molecule has 1 aliphatic heterocycles. The van der Waals surface area contributed by atoms with Crippen LogP contribution in [0.15, 0.2) is 22.9 Å². The van der Waals surface area contributed by atoms with Crippen LogP contribution in [-0.2, 0) is 15.0 Å². The van der Waals surface area contributed by atoms with Crippen molar-refractivity contribution in [3.05, 3.63) is 34.0 Å². The van der Waals surface area contributed by atoms with Crippen molar-refractivity contribution in [3.8, 4) is 11.5 Å². The van der Waals surface area contributed by atoms with Crippen molar-refractivity contribution in [1.82, 2.24) is 0 Å². The summed E-state index contributed by atoms with van der Waals surface area (Å²) < 4.78 is 0. The quantitative estimate of drug-likeness (QED) is 0.406. The number of hydrogen-bond acceptors (Lipinski definition) is 4. The summed E-state index contributed by atoms with van der Waals surface area (Å²) in [4.78, 5) is 26.4. The molecule has 0 unspecified atom stereocenters. The van der Waals surface area contributed by atoms with Crippen LogP contribution in [0.5, 0.6) is 11.5 Å². The van der Waals surface area contributed by atoms with Gasteiger partial charge >= 0.3 is 0 Å². The first-order chi connectivity index (χ1) is 12.1. The Kier molecular flexibility index (Phi) is 3.95. The van der Waals surface area contributed by atoms with Crippen LogP contribution in [0.25, 0.3) is 5.57 Å². The van der Waals surface area contributed by atoms with E-state index in [1.165, 1.54) is 12.1 Å². The molecule has 4 nitrogen and oxygen atoms in total. The minimum atomic E-state index is -2.68. The van der Waals surface area contributed by atoms with Gasteiger partial charge in [-0.25, -0.2) is 0 Å². The molecule has 5 heteroatoms. The Balaban J connectivity index is 2.36. The fourth-order valence-corrected chi connectivity index (χ4v) is 7.69. The van der Waals surface area contributed by atoms with Gasteiger partial charge < -0.3 is 10.2 Å². The first kappa shape index (κ1) is 19.6. The molecule has 3 rings (SSSR count). The van der Waals surface area contributed by atoms with Crippen molar-refractivity contribution in [3.63, 3.8) is 0 Å². The summed E-state index contributed by atoms with van der Waals surface area (Å²) in [7, 11) is -2.68. The highest BCUT2D eigenvalue weighted by Gasteiger charge is 2.51. The molecule has 1 aliphatic carbocycles. The van der Waals surface area contributed by atoms with Gasteiger partial charge in [-0.15, -0.1) is 0 Å². The normalized spacial score (nSPS) is 19.2. The van der Waals surface area contributed by atoms with E-state index in [-0.39, 0.29) is 34.1 Å². The molecule has 1 heterocycles. The highest BCUT2D eigenvalue weighted by Crippen LogP contribution is 2.48. The monoisotopic (exact) mass is 384 g/mol. The first-order valence-corrected chi connectivity index (χ1v) is 12.3. The summed E-state index contributed by atoms with van der Waals surface area (Å²) in [6.07, 6.45) is 1.41. The summed E-state index contributed by atoms with van der Waals surface area (Å²) >= 11 is 0. The van der Waals surface area contributed by atoms with Crippen LogP contribution < -0.4 is 5.19 Å². The van der Waals surface area contributed by atoms with E-state index in [4.69, 9.17) is 0 Å². The van der Waals surface area contributed by atoms with Crippen LogP contribution in [0.4, 0.5) is 0 Å². The third-order valence-electron chi connectivity index (χ3n) is 5.64. The lowest BCUT2D eigenvalue weighted by atomic mass is 9.78. The summed E-state index contributed by atoms with van der Waals surface area (Å²) in [5.41, 5.74) is 0.929. The third-order valence-corrected chi connectivity index (χ3v) is 9.10. The summed E-state index contributed by atoms with van der Waals surface area (Å²) in [5, 5.41) is 23.0. The number of hydrogen-bond donors (Lipinski definition) is 2. The lowest BCUT2D eigenvalue weighted by Gasteiger charge is -2.30. The Morgan fingerprint density at radius 3 is 1.96 bits per heavy atom. The molecule has 0 spiro atoms. The van der Waals surface area contributed by atoms with Gasteiger partial charge in [0.05, 0.1) is 0 Å². The molecule has 2 N–H and O–H groups in total. The van der Waals surface area contributed by atoms with Crippen LogP contribution in [0.2, 0.25) is 13.1 Å². The van der Waals surface area contributed by atoms with Gasteiger partial charge in [-0.3, -0.25) is 9.59 Å². The lowest BCUT2D eigenvalue weighted by Crippen LogP contribution is -2.46. The first-order valence-electron chi connectivity index (χ1n) is 9.26. The van der Waals surface area contributed by atoms with Gasteiger partial charge in [0.1, 0.15) is 19.6 Å². The van der Waals surface area contributed by atoms with E-state index in [0.29, 0.717) is 27.1 Å². The number of phenols is 2. The molecule has 0 saturated heterocycles. The second-order valence-electron chi connectivity index (χ2n) is 10.2. The van der Waals surface area contributed by atoms with Crippen molar-refractivity contribution < 1.29 is 19.8 Å². The van der Waals surface area contributed by atoms with Gasteiger partial charge in [0.2, 0.25) is 0 Å². The number of fused-ring (bicyclic) bond motifs is 2. The van der Waals surface area contributed by atoms with Crippen molar-refractivity contribution >= 4 is 30.4 Å². The van der Waals surface area contributed by atoms with Crippen molar-refractivity contribution in [2.75, 3.05) is 0 Å². The smallest absolute Gasteiger partial charge is 0.187 e. The number of ketones is 2. The van der Waals surface area contributed by atoms with E-state index >= 15 is 0 Å². The molecule has 1 aromatic rings. The van der Waals surface area contributed by atoms with Crippen LogP contribution >= 0.6 is 0 Å². The maximum atomic E-state index is 13.4. The van der Waals surface area contributed by atoms with E-state index in [2.05, 4.69) is 0 Å².